The van der Waals surface area contributed by atoms with Crippen LogP contribution in [0.2, 0.25) is 0 Å². The van der Waals surface area contributed by atoms with Gasteiger partial charge in [-0.15, -0.1) is 0 Å². The summed E-state index contributed by atoms with van der Waals surface area (Å²) >= 11 is 1.96. The molecule has 1 heterocycles. The van der Waals surface area contributed by atoms with Gasteiger partial charge < -0.3 is 9.72 Å². The molecule has 0 aromatic carbocycles. The minimum Gasteiger partial charge on any atom is -0.473 e. The van der Waals surface area contributed by atoms with E-state index in [1.165, 1.54) is 19.2 Å². The van der Waals surface area contributed by atoms with E-state index in [1.807, 2.05) is 22.6 Å². The van der Waals surface area contributed by atoms with Crippen molar-refractivity contribution in [2.24, 2.45) is 0 Å². The summed E-state index contributed by atoms with van der Waals surface area (Å²) in [6.07, 6.45) is 6.21. The molecule has 0 amide bonds. The lowest BCUT2D eigenvalue weighted by Gasteiger charge is -2.12. The third-order valence-electron chi connectivity index (χ3n) is 2.35. The van der Waals surface area contributed by atoms with Crippen LogP contribution < -0.4 is 10.3 Å². The van der Waals surface area contributed by atoms with Crippen molar-refractivity contribution in [3.63, 3.8) is 0 Å². The molecule has 1 aromatic heterocycles. The standard InChI is InChI=1S/C9H11IN2O2/c10-7-8(13)11-5-12-9(7)14-6-3-1-2-4-6/h5-6H,1-4H2,(H,11,12,13). The molecule has 0 saturated heterocycles. The molecule has 0 unspecified atom stereocenters. The average Bonchev–Trinajstić information content (AvgIpc) is 2.66. The Labute approximate surface area is 95.2 Å². The Balaban J connectivity index is 2.15. The summed E-state index contributed by atoms with van der Waals surface area (Å²) in [4.78, 5) is 17.8. The molecular formula is C9H11IN2O2. The topological polar surface area (TPSA) is 55.0 Å². The first-order valence-corrected chi connectivity index (χ1v) is 5.75. The van der Waals surface area contributed by atoms with Gasteiger partial charge in [-0.05, 0) is 48.3 Å². The van der Waals surface area contributed by atoms with Gasteiger partial charge in [-0.3, -0.25) is 4.79 Å². The highest BCUT2D eigenvalue weighted by atomic mass is 127. The first-order valence-electron chi connectivity index (χ1n) is 4.67. The van der Waals surface area contributed by atoms with Crippen molar-refractivity contribution in [1.29, 1.82) is 0 Å². The molecule has 1 aromatic rings. The molecule has 1 aliphatic rings. The second kappa shape index (κ2) is 4.29. The van der Waals surface area contributed by atoms with Crippen molar-refractivity contribution in [2.75, 3.05) is 0 Å². The molecule has 5 heteroatoms. The van der Waals surface area contributed by atoms with E-state index in [1.54, 1.807) is 0 Å². The molecule has 1 saturated carbocycles. The number of H-pyrrole nitrogens is 1. The van der Waals surface area contributed by atoms with Crippen molar-refractivity contribution >= 4 is 22.6 Å². The number of ether oxygens (including phenoxy) is 1. The summed E-state index contributed by atoms with van der Waals surface area (Å²) in [6.45, 7) is 0. The lowest BCUT2D eigenvalue weighted by atomic mass is 10.3. The highest BCUT2D eigenvalue weighted by molar-refractivity contribution is 14.1. The SMILES string of the molecule is O=c1[nH]cnc(OC2CCCC2)c1I. The molecule has 1 N–H and O–H groups in total. The molecule has 0 spiro atoms. The number of aromatic nitrogens is 2. The van der Waals surface area contributed by atoms with Gasteiger partial charge in [-0.2, -0.15) is 0 Å². The van der Waals surface area contributed by atoms with Gasteiger partial charge in [0.25, 0.3) is 5.56 Å². The maximum absolute atomic E-state index is 11.2. The Morgan fingerprint density at radius 3 is 2.93 bits per heavy atom. The van der Waals surface area contributed by atoms with Crippen LogP contribution in [0.3, 0.4) is 0 Å². The highest BCUT2D eigenvalue weighted by Gasteiger charge is 2.18. The molecule has 4 nitrogen and oxygen atoms in total. The summed E-state index contributed by atoms with van der Waals surface area (Å²) in [5.41, 5.74) is -0.131. The lowest BCUT2D eigenvalue weighted by molar-refractivity contribution is 0.199. The number of halogens is 1. The zero-order valence-corrected chi connectivity index (χ0v) is 9.78. The Morgan fingerprint density at radius 1 is 1.50 bits per heavy atom. The van der Waals surface area contributed by atoms with Crippen molar-refractivity contribution in [3.8, 4) is 5.88 Å². The number of hydrogen-bond donors (Lipinski definition) is 1. The van der Waals surface area contributed by atoms with Gasteiger partial charge in [0.05, 0.1) is 6.33 Å². The normalized spacial score (nSPS) is 17.2. The number of rotatable bonds is 2. The molecule has 2 rings (SSSR count). The minimum absolute atomic E-state index is 0.131. The molecule has 1 aliphatic carbocycles. The van der Waals surface area contributed by atoms with Crippen LogP contribution in [-0.2, 0) is 0 Å². The predicted molar refractivity (Wildman–Crippen MR) is 60.5 cm³/mol. The molecule has 0 aliphatic heterocycles. The smallest absolute Gasteiger partial charge is 0.268 e. The first-order chi connectivity index (χ1) is 6.77. The lowest BCUT2D eigenvalue weighted by Crippen LogP contribution is -2.18. The number of aromatic amines is 1. The van der Waals surface area contributed by atoms with Gasteiger partial charge in [-0.1, -0.05) is 0 Å². The number of hydrogen-bond acceptors (Lipinski definition) is 3. The van der Waals surface area contributed by atoms with Crippen LogP contribution >= 0.6 is 22.6 Å². The number of nitrogens with zero attached hydrogens (tertiary/aromatic N) is 1. The van der Waals surface area contributed by atoms with E-state index in [-0.39, 0.29) is 11.7 Å². The molecule has 1 fully saturated rings. The van der Waals surface area contributed by atoms with Gasteiger partial charge in [0, 0.05) is 0 Å². The quantitative estimate of drug-likeness (QED) is 0.846. The maximum atomic E-state index is 11.2. The van der Waals surface area contributed by atoms with Gasteiger partial charge in [0.1, 0.15) is 9.67 Å². The number of nitrogens with one attached hydrogen (secondary N) is 1. The first kappa shape index (κ1) is 9.95. The van der Waals surface area contributed by atoms with Crippen molar-refractivity contribution < 1.29 is 4.74 Å². The van der Waals surface area contributed by atoms with Crippen LogP contribution in [0, 0.1) is 3.57 Å². The van der Waals surface area contributed by atoms with E-state index < -0.39 is 0 Å². The zero-order valence-electron chi connectivity index (χ0n) is 7.62. The molecule has 0 bridgehead atoms. The Bertz CT molecular complexity index is 371. The predicted octanol–water partition coefficient (Wildman–Crippen LogP) is 1.70. The fourth-order valence-electron chi connectivity index (χ4n) is 1.61. The van der Waals surface area contributed by atoms with Crippen LogP contribution in [0.25, 0.3) is 0 Å². The minimum atomic E-state index is -0.131. The average molecular weight is 306 g/mol. The maximum Gasteiger partial charge on any atom is 0.268 e. The van der Waals surface area contributed by atoms with Crippen LogP contribution in [0.1, 0.15) is 25.7 Å². The van der Waals surface area contributed by atoms with E-state index in [9.17, 15) is 4.79 Å². The second-order valence-corrected chi connectivity index (χ2v) is 4.45. The van der Waals surface area contributed by atoms with Gasteiger partial charge in [0.2, 0.25) is 5.88 Å². The zero-order chi connectivity index (χ0) is 9.97. The summed E-state index contributed by atoms with van der Waals surface area (Å²) < 4.78 is 6.19. The van der Waals surface area contributed by atoms with Gasteiger partial charge in [-0.25, -0.2) is 4.98 Å². The summed E-state index contributed by atoms with van der Waals surface area (Å²) in [5.74, 6) is 0.473. The van der Waals surface area contributed by atoms with Crippen molar-refractivity contribution in [3.05, 3.63) is 20.3 Å². The highest BCUT2D eigenvalue weighted by Crippen LogP contribution is 2.23. The summed E-state index contributed by atoms with van der Waals surface area (Å²) in [5, 5.41) is 0. The van der Waals surface area contributed by atoms with Crippen molar-refractivity contribution in [2.45, 2.75) is 31.8 Å². The van der Waals surface area contributed by atoms with Gasteiger partial charge >= 0.3 is 0 Å². The van der Waals surface area contributed by atoms with E-state index in [0.717, 1.165) is 12.8 Å². The van der Waals surface area contributed by atoms with Crippen molar-refractivity contribution in [1.82, 2.24) is 9.97 Å². The Hall–Kier alpha value is -0.590. The third-order valence-corrected chi connectivity index (χ3v) is 3.30. The third kappa shape index (κ3) is 2.08. The molecule has 0 atom stereocenters. The summed E-state index contributed by atoms with van der Waals surface area (Å²) in [7, 11) is 0. The van der Waals surface area contributed by atoms with Gasteiger partial charge in [0.15, 0.2) is 0 Å². The van der Waals surface area contributed by atoms with E-state index >= 15 is 0 Å². The molecule has 76 valence electrons. The van der Waals surface area contributed by atoms with E-state index in [2.05, 4.69) is 9.97 Å². The van der Waals surface area contributed by atoms with Crippen LogP contribution in [0.4, 0.5) is 0 Å². The van der Waals surface area contributed by atoms with E-state index in [0.29, 0.717) is 9.45 Å². The largest absolute Gasteiger partial charge is 0.473 e. The Kier molecular flexibility index (Phi) is 3.05. The Morgan fingerprint density at radius 2 is 2.21 bits per heavy atom. The fourth-order valence-corrected chi connectivity index (χ4v) is 2.04. The molecule has 14 heavy (non-hydrogen) atoms. The molecular weight excluding hydrogens is 295 g/mol. The van der Waals surface area contributed by atoms with Crippen LogP contribution in [0.5, 0.6) is 5.88 Å². The second-order valence-electron chi connectivity index (χ2n) is 3.38. The van der Waals surface area contributed by atoms with Crippen LogP contribution in [0.15, 0.2) is 11.1 Å². The fraction of sp³-hybridized carbons (Fsp3) is 0.556. The summed E-state index contributed by atoms with van der Waals surface area (Å²) in [6, 6.07) is 0. The monoisotopic (exact) mass is 306 g/mol. The van der Waals surface area contributed by atoms with Crippen LogP contribution in [-0.4, -0.2) is 16.1 Å². The molecule has 0 radical (unpaired) electrons. The van der Waals surface area contributed by atoms with E-state index in [4.69, 9.17) is 4.74 Å².